The minimum Gasteiger partial charge on any atom is -0.410 e. The van der Waals surface area contributed by atoms with Crippen LogP contribution in [0.15, 0.2) is 18.2 Å². The van der Waals surface area contributed by atoms with E-state index in [1.807, 2.05) is 0 Å². The monoisotopic (exact) mass is 177 g/mol. The zero-order chi connectivity index (χ0) is 7.56. The molecule has 1 aromatic carbocycles. The van der Waals surface area contributed by atoms with Crippen molar-refractivity contribution in [3.8, 4) is 5.75 Å². The van der Waals surface area contributed by atoms with E-state index in [-0.39, 0.29) is 0 Å². The fraction of sp³-hybridized carbons (Fsp3) is 0. The van der Waals surface area contributed by atoms with Crippen LogP contribution in [0.5, 0.6) is 5.75 Å². The number of nitrogens with two attached hydrogens (primary N) is 1. The summed E-state index contributed by atoms with van der Waals surface area (Å²) in [6.45, 7) is 0. The van der Waals surface area contributed by atoms with Crippen molar-refractivity contribution in [3.05, 3.63) is 28.2 Å². The van der Waals surface area contributed by atoms with E-state index in [1.165, 1.54) is 0 Å². The smallest absolute Gasteiger partial charge is 0.165 e. The van der Waals surface area contributed by atoms with Crippen LogP contribution in [-0.4, -0.2) is 0 Å². The molecule has 54 valence electrons. The maximum atomic E-state index is 5.64. The molecule has 0 aliphatic carbocycles. The van der Waals surface area contributed by atoms with Crippen molar-refractivity contribution < 1.29 is 4.84 Å². The van der Waals surface area contributed by atoms with Gasteiger partial charge in [0.25, 0.3) is 0 Å². The van der Waals surface area contributed by atoms with E-state index in [0.29, 0.717) is 15.8 Å². The van der Waals surface area contributed by atoms with Crippen LogP contribution < -0.4 is 10.7 Å². The van der Waals surface area contributed by atoms with Gasteiger partial charge in [0.2, 0.25) is 0 Å². The predicted octanol–water partition coefficient (Wildman–Crippen LogP) is 2.25. The highest BCUT2D eigenvalue weighted by atomic mass is 35.5. The van der Waals surface area contributed by atoms with Gasteiger partial charge in [0.15, 0.2) is 5.75 Å². The number of hydrogen-bond donors (Lipinski definition) is 1. The van der Waals surface area contributed by atoms with E-state index in [9.17, 15) is 0 Å². The Hall–Kier alpha value is -0.440. The molecular formula is C6H5Cl2NO. The Kier molecular flexibility index (Phi) is 2.38. The van der Waals surface area contributed by atoms with Crippen LogP contribution in [0.1, 0.15) is 0 Å². The molecule has 0 saturated heterocycles. The van der Waals surface area contributed by atoms with Gasteiger partial charge >= 0.3 is 0 Å². The van der Waals surface area contributed by atoms with E-state index in [0.717, 1.165) is 0 Å². The zero-order valence-electron chi connectivity index (χ0n) is 4.97. The molecule has 10 heavy (non-hydrogen) atoms. The van der Waals surface area contributed by atoms with Crippen LogP contribution in [0.4, 0.5) is 0 Å². The molecule has 4 heteroatoms. The van der Waals surface area contributed by atoms with Gasteiger partial charge in [-0.15, -0.1) is 0 Å². The van der Waals surface area contributed by atoms with Gasteiger partial charge in [-0.3, -0.25) is 0 Å². The average molecular weight is 178 g/mol. The normalized spacial score (nSPS) is 9.50. The minimum atomic E-state index is 0.412. The molecule has 0 aliphatic heterocycles. The summed E-state index contributed by atoms with van der Waals surface area (Å²) in [4.78, 5) is 4.41. The van der Waals surface area contributed by atoms with Crippen molar-refractivity contribution >= 4 is 23.2 Å². The quantitative estimate of drug-likeness (QED) is 0.669. The van der Waals surface area contributed by atoms with Crippen LogP contribution in [0, 0.1) is 0 Å². The van der Waals surface area contributed by atoms with Gasteiger partial charge in [0, 0.05) is 5.02 Å². The molecule has 2 nitrogen and oxygen atoms in total. The van der Waals surface area contributed by atoms with Crippen molar-refractivity contribution in [1.82, 2.24) is 0 Å². The molecule has 0 amide bonds. The molecule has 0 aliphatic rings. The fourth-order valence-corrected chi connectivity index (χ4v) is 1.02. The van der Waals surface area contributed by atoms with Crippen molar-refractivity contribution in [2.75, 3.05) is 0 Å². The molecular weight excluding hydrogens is 173 g/mol. The summed E-state index contributed by atoms with van der Waals surface area (Å²) in [7, 11) is 0. The largest absolute Gasteiger partial charge is 0.410 e. The van der Waals surface area contributed by atoms with Crippen molar-refractivity contribution in [3.63, 3.8) is 0 Å². The number of halogens is 2. The fourth-order valence-electron chi connectivity index (χ4n) is 0.571. The Morgan fingerprint density at radius 1 is 1.30 bits per heavy atom. The predicted molar refractivity (Wildman–Crippen MR) is 41.3 cm³/mol. The van der Waals surface area contributed by atoms with E-state index in [4.69, 9.17) is 29.1 Å². The molecule has 0 spiro atoms. The first-order valence-electron chi connectivity index (χ1n) is 2.56. The Balaban J connectivity index is 3.07. The van der Waals surface area contributed by atoms with Crippen LogP contribution in [0.2, 0.25) is 10.0 Å². The van der Waals surface area contributed by atoms with Crippen LogP contribution in [0.3, 0.4) is 0 Å². The molecule has 0 aromatic heterocycles. The lowest BCUT2D eigenvalue weighted by molar-refractivity contribution is 0.335. The summed E-state index contributed by atoms with van der Waals surface area (Å²) < 4.78 is 0. The van der Waals surface area contributed by atoms with E-state index in [1.54, 1.807) is 18.2 Å². The zero-order valence-corrected chi connectivity index (χ0v) is 6.49. The number of rotatable bonds is 1. The van der Waals surface area contributed by atoms with E-state index >= 15 is 0 Å². The Bertz CT molecular complexity index is 239. The topological polar surface area (TPSA) is 35.2 Å². The second-order valence-corrected chi connectivity index (χ2v) is 2.54. The van der Waals surface area contributed by atoms with E-state index < -0.39 is 0 Å². The lowest BCUT2D eigenvalue weighted by Gasteiger charge is -1.99. The van der Waals surface area contributed by atoms with Gasteiger partial charge in [-0.1, -0.05) is 23.2 Å². The van der Waals surface area contributed by atoms with Crippen LogP contribution in [-0.2, 0) is 0 Å². The van der Waals surface area contributed by atoms with Crippen LogP contribution in [0.25, 0.3) is 0 Å². The van der Waals surface area contributed by atoms with E-state index in [2.05, 4.69) is 4.84 Å². The van der Waals surface area contributed by atoms with Crippen molar-refractivity contribution in [1.29, 1.82) is 0 Å². The number of hydrogen-bond acceptors (Lipinski definition) is 2. The maximum Gasteiger partial charge on any atom is 0.165 e. The highest BCUT2D eigenvalue weighted by Crippen LogP contribution is 2.26. The van der Waals surface area contributed by atoms with Gasteiger partial charge < -0.3 is 4.84 Å². The number of benzene rings is 1. The third-order valence-electron chi connectivity index (χ3n) is 1.02. The summed E-state index contributed by atoms with van der Waals surface area (Å²) in [6, 6.07) is 4.81. The molecule has 0 saturated carbocycles. The highest BCUT2D eigenvalue weighted by molar-refractivity contribution is 6.35. The van der Waals surface area contributed by atoms with Crippen molar-refractivity contribution in [2.24, 2.45) is 5.90 Å². The van der Waals surface area contributed by atoms with Crippen molar-refractivity contribution in [2.45, 2.75) is 0 Å². The molecule has 0 atom stereocenters. The summed E-state index contributed by atoms with van der Waals surface area (Å²) in [5.41, 5.74) is 0. The van der Waals surface area contributed by atoms with Gasteiger partial charge in [-0.25, -0.2) is 0 Å². The van der Waals surface area contributed by atoms with Gasteiger partial charge in [-0.2, -0.15) is 5.90 Å². The molecule has 1 aromatic rings. The SMILES string of the molecule is NOc1ccc(Cl)cc1Cl. The average Bonchev–Trinajstić information content (AvgIpc) is 1.88. The molecule has 0 radical (unpaired) electrons. The molecule has 0 unspecified atom stereocenters. The third-order valence-corrected chi connectivity index (χ3v) is 1.55. The van der Waals surface area contributed by atoms with Gasteiger partial charge in [-0.05, 0) is 18.2 Å². The Morgan fingerprint density at radius 2 is 2.00 bits per heavy atom. The molecule has 1 rings (SSSR count). The van der Waals surface area contributed by atoms with Gasteiger partial charge in [0.05, 0.1) is 5.02 Å². The molecule has 0 heterocycles. The maximum absolute atomic E-state index is 5.64. The standard InChI is InChI=1S/C6H5Cl2NO/c7-4-1-2-6(10-9)5(8)3-4/h1-3H,9H2. The Morgan fingerprint density at radius 3 is 2.50 bits per heavy atom. The Labute approximate surface area is 68.4 Å². The summed E-state index contributed by atoms with van der Waals surface area (Å²) >= 11 is 11.2. The van der Waals surface area contributed by atoms with Crippen LogP contribution >= 0.6 is 23.2 Å². The molecule has 2 N–H and O–H groups in total. The lowest BCUT2D eigenvalue weighted by Crippen LogP contribution is -2.01. The molecule has 0 bridgehead atoms. The second kappa shape index (κ2) is 3.10. The first-order valence-corrected chi connectivity index (χ1v) is 3.31. The summed E-state index contributed by atoms with van der Waals surface area (Å²) in [5, 5.41) is 0.973. The first kappa shape index (κ1) is 7.66. The third kappa shape index (κ3) is 1.53. The minimum absolute atomic E-state index is 0.412. The molecule has 0 fully saturated rings. The second-order valence-electron chi connectivity index (χ2n) is 1.69. The highest BCUT2D eigenvalue weighted by Gasteiger charge is 1.99. The lowest BCUT2D eigenvalue weighted by atomic mass is 10.3. The summed E-state index contributed by atoms with van der Waals surface area (Å²) in [5.74, 6) is 5.30. The first-order chi connectivity index (χ1) is 4.74. The van der Waals surface area contributed by atoms with Gasteiger partial charge in [0.1, 0.15) is 0 Å². The summed E-state index contributed by atoms with van der Waals surface area (Å²) in [6.07, 6.45) is 0.